The summed E-state index contributed by atoms with van der Waals surface area (Å²) in [6, 6.07) is 10.8. The molecule has 12 atom stereocenters. The van der Waals surface area contributed by atoms with Gasteiger partial charge in [-0.1, -0.05) is 113 Å². The van der Waals surface area contributed by atoms with Crippen molar-refractivity contribution >= 4 is 93.8 Å². The first kappa shape index (κ1) is 66.3. The van der Waals surface area contributed by atoms with Gasteiger partial charge in [0.2, 0.25) is 23.6 Å². The number of likely N-dealkylation sites (N-methyl/N-ethyl adjacent to an activating group) is 2. The lowest BCUT2D eigenvalue weighted by molar-refractivity contribution is -0.143. The van der Waals surface area contributed by atoms with Crippen LogP contribution < -0.4 is 21.3 Å². The maximum absolute atomic E-state index is 14.8. The zero-order valence-electron chi connectivity index (χ0n) is 52.1. The van der Waals surface area contributed by atoms with Gasteiger partial charge in [-0.2, -0.15) is 0 Å². The van der Waals surface area contributed by atoms with Gasteiger partial charge >= 0.3 is 12.2 Å². The van der Waals surface area contributed by atoms with Crippen molar-refractivity contribution in [3.63, 3.8) is 0 Å². The van der Waals surface area contributed by atoms with E-state index in [1.54, 1.807) is 103 Å². The van der Waals surface area contributed by atoms with Gasteiger partial charge in [-0.25, -0.2) is 9.59 Å². The Kier molecular flexibility index (Phi) is 20.8. The van der Waals surface area contributed by atoms with Crippen LogP contribution in [0.3, 0.4) is 0 Å². The van der Waals surface area contributed by atoms with Crippen LogP contribution >= 0.6 is 48.0 Å². The summed E-state index contributed by atoms with van der Waals surface area (Å²) >= 11 is 14.9. The molecule has 0 saturated carbocycles. The van der Waals surface area contributed by atoms with Gasteiger partial charge < -0.3 is 59.8 Å². The highest BCUT2D eigenvalue weighted by Gasteiger charge is 2.57. The first-order valence-electron chi connectivity index (χ1n) is 29.7. The molecule has 2 aromatic rings. The van der Waals surface area contributed by atoms with Gasteiger partial charge in [0.05, 0.1) is 57.1 Å². The van der Waals surface area contributed by atoms with Gasteiger partial charge in [0.15, 0.2) is 0 Å². The van der Waals surface area contributed by atoms with Crippen LogP contribution in [0.1, 0.15) is 143 Å². The molecule has 466 valence electrons. The van der Waals surface area contributed by atoms with Crippen LogP contribution in [0.25, 0.3) is 0 Å². The Labute approximate surface area is 527 Å². The van der Waals surface area contributed by atoms with Gasteiger partial charge in [-0.05, 0) is 138 Å². The molecule has 4 N–H and O–H groups in total. The minimum atomic E-state index is -0.781. The molecule has 4 heterocycles. The number of carbonyl (C=O) groups is 6. The Bertz CT molecular complexity index is 2870. The summed E-state index contributed by atoms with van der Waals surface area (Å²) in [7, 11) is 3.23. The van der Waals surface area contributed by atoms with Gasteiger partial charge in [0, 0.05) is 26.9 Å². The van der Waals surface area contributed by atoms with E-state index in [9.17, 15) is 28.8 Å². The molecule has 18 nitrogen and oxygen atoms in total. The minimum absolute atomic E-state index is 0.0457. The van der Waals surface area contributed by atoms with Gasteiger partial charge in [-0.3, -0.25) is 19.2 Å². The number of hydrogen-bond donors (Lipinski definition) is 4. The van der Waals surface area contributed by atoms with Crippen molar-refractivity contribution in [1.29, 1.82) is 0 Å². The second-order valence-corrected chi connectivity index (χ2v) is 30.1. The van der Waals surface area contributed by atoms with E-state index in [-0.39, 0.29) is 47.6 Å². The summed E-state index contributed by atoms with van der Waals surface area (Å²) in [5.74, 6) is 12.2. The maximum Gasteiger partial charge on any atom is 0.410 e. The number of thiocarbonyl (C=S) groups is 2. The van der Waals surface area contributed by atoms with Crippen LogP contribution in [0.5, 0.6) is 0 Å². The first-order chi connectivity index (χ1) is 40.4. The molecule has 86 heavy (non-hydrogen) atoms. The Morgan fingerprint density at radius 3 is 1.35 bits per heavy atom. The molecule has 8 rings (SSSR count). The van der Waals surface area contributed by atoms with Gasteiger partial charge in [0.25, 0.3) is 0 Å². The fourth-order valence-corrected chi connectivity index (χ4v) is 16.1. The molecule has 0 unspecified atom stereocenters. The summed E-state index contributed by atoms with van der Waals surface area (Å²) in [6.45, 7) is 22.6. The summed E-state index contributed by atoms with van der Waals surface area (Å²) in [6.07, 6.45) is 1.41. The van der Waals surface area contributed by atoms with Crippen molar-refractivity contribution in [2.45, 2.75) is 204 Å². The Morgan fingerprint density at radius 1 is 0.628 bits per heavy atom. The maximum atomic E-state index is 14.8. The predicted octanol–water partition coefficient (Wildman–Crippen LogP) is 7.85. The van der Waals surface area contributed by atoms with Crippen LogP contribution in [0, 0.1) is 34.5 Å². The van der Waals surface area contributed by atoms with E-state index in [0.717, 1.165) is 22.3 Å². The molecule has 22 heteroatoms. The highest BCUT2D eigenvalue weighted by molar-refractivity contribution is 8.00. The predicted molar refractivity (Wildman–Crippen MR) is 343 cm³/mol. The number of thioether (sulfide) groups is 2. The second-order valence-electron chi connectivity index (χ2n) is 26.6. The quantitative estimate of drug-likeness (QED) is 0.105. The van der Waals surface area contributed by atoms with E-state index in [1.807, 2.05) is 76.2 Å². The Balaban J connectivity index is 0.878. The lowest BCUT2D eigenvalue weighted by Gasteiger charge is -2.36. The highest BCUT2D eigenvalue weighted by atomic mass is 32.2. The van der Waals surface area contributed by atoms with Crippen LogP contribution in [0.15, 0.2) is 48.5 Å². The first-order valence-corrected chi connectivity index (χ1v) is 32.6. The normalized spacial score (nSPS) is 26.9. The molecule has 6 aliphatic rings. The third-order valence-electron chi connectivity index (χ3n) is 17.0. The smallest absolute Gasteiger partial charge is 0.410 e. The standard InChI is InChI=1S/C64H86N8O10S4/c1-37(69(13)59(77)81-61(3,4)5)55(83)65-43-27-31-85-47-35-63(9,10)51(71(47)57(43)75)53(73)67-49-41-25-19-17-23-39(41)33-45(49)79-29-21-15-16-22-30-80-46-34-40-24-18-20-26-42(40)50(46)68-54(74)52-64(11,12)36-48-72(52)58(76)44(28-32-86-48)66-56(84)38(2)70(14)60(78)82-62(6,7)8/h17-20,23-26,37-38,43-52H,27-36H2,1-14H3,(H,65,83)(H,66,84)(H,67,73)(H,68,74)/t37-,38-,43-,44-,45+,46+,47-,48-,49-,50-,51+,52+/m0/s1. The van der Waals surface area contributed by atoms with Crippen molar-refractivity contribution in [3.05, 3.63) is 70.8 Å². The largest absolute Gasteiger partial charge is 0.444 e. The van der Waals surface area contributed by atoms with Crippen LogP contribution in [0.2, 0.25) is 0 Å². The summed E-state index contributed by atoms with van der Waals surface area (Å²) in [4.78, 5) is 91.6. The molecule has 0 radical (unpaired) electrons. The lowest BCUT2D eigenvalue weighted by atomic mass is 9.83. The molecule has 2 aromatic carbocycles. The molecular formula is C64H86N8O10S4. The molecule has 4 aliphatic heterocycles. The number of carbonyl (C=O) groups excluding carboxylic acids is 6. The van der Waals surface area contributed by atoms with Crippen molar-refractivity contribution in [2.24, 2.45) is 10.8 Å². The summed E-state index contributed by atoms with van der Waals surface area (Å²) in [5, 5.41) is 12.7. The average molecular weight is 1260 g/mol. The second kappa shape index (κ2) is 27.0. The molecule has 2 aliphatic carbocycles. The van der Waals surface area contributed by atoms with Gasteiger partial charge in [-0.15, -0.1) is 23.5 Å². The molecule has 4 saturated heterocycles. The molecule has 0 spiro atoms. The summed E-state index contributed by atoms with van der Waals surface area (Å²) in [5.41, 5.74) is 1.50. The van der Waals surface area contributed by atoms with Crippen LogP contribution in [0.4, 0.5) is 9.59 Å². The fourth-order valence-electron chi connectivity index (χ4n) is 12.3. The Hall–Kier alpha value is -5.62. The van der Waals surface area contributed by atoms with E-state index >= 15 is 0 Å². The monoisotopic (exact) mass is 1250 g/mol. The number of amides is 6. The average Bonchev–Trinajstić information content (AvgIpc) is 1.70. The third kappa shape index (κ3) is 15.3. The molecular weight excluding hydrogens is 1170 g/mol. The zero-order chi connectivity index (χ0) is 62.8. The van der Waals surface area contributed by atoms with E-state index < -0.39 is 94.8 Å². The number of ether oxygens (including phenoxy) is 4. The SMILES string of the molecule is C[C@@H](C(=S)N[C@H]1CCS[C@H]2CC(C)(C)[C@@H](C(=O)N[C@H]3c4ccccc4C[C@H]3OCC#CC#CCO[C@@H]3Cc4ccccc4[C@@H]3NC(=O)[C@H]3N4C(=O)[C@@H](NC(=S)[C@H](C)N(C)C(=O)OC(C)(C)C)CCS[C@H]4CC3(C)C)N2C1=O)N(C)C(=O)OC(C)(C)C. The number of nitrogens with one attached hydrogen (secondary N) is 4. The highest BCUT2D eigenvalue weighted by Crippen LogP contribution is 2.49. The number of hydrogen-bond acceptors (Lipinski definition) is 14. The van der Waals surface area contributed by atoms with Crippen LogP contribution in [-0.2, 0) is 51.0 Å². The van der Waals surface area contributed by atoms with E-state index in [0.29, 0.717) is 60.0 Å². The van der Waals surface area contributed by atoms with Crippen LogP contribution in [-0.4, -0.2) is 175 Å². The number of fused-ring (bicyclic) bond motifs is 4. The number of benzene rings is 2. The van der Waals surface area contributed by atoms with E-state index in [2.05, 4.69) is 44.9 Å². The molecule has 4 fully saturated rings. The van der Waals surface area contributed by atoms with Crippen molar-refractivity contribution in [2.75, 3.05) is 38.8 Å². The minimum Gasteiger partial charge on any atom is -0.444 e. The summed E-state index contributed by atoms with van der Waals surface area (Å²) < 4.78 is 24.0. The molecule has 6 amide bonds. The number of rotatable bonds is 14. The fraction of sp³-hybridized carbons (Fsp3) is 0.625. The molecule has 0 bridgehead atoms. The number of nitrogens with zero attached hydrogens (tertiary/aromatic N) is 4. The van der Waals surface area contributed by atoms with Crippen molar-refractivity contribution < 1.29 is 47.7 Å². The topological polar surface area (TPSA) is 200 Å². The lowest BCUT2D eigenvalue weighted by Crippen LogP contribution is -2.58. The Morgan fingerprint density at radius 2 is 0.988 bits per heavy atom. The zero-order valence-corrected chi connectivity index (χ0v) is 55.4. The van der Waals surface area contributed by atoms with Gasteiger partial charge in [0.1, 0.15) is 48.6 Å². The van der Waals surface area contributed by atoms with E-state index in [1.165, 1.54) is 9.80 Å². The van der Waals surface area contributed by atoms with Crippen molar-refractivity contribution in [3.8, 4) is 23.7 Å². The molecule has 0 aromatic heterocycles. The van der Waals surface area contributed by atoms with E-state index in [4.69, 9.17) is 43.4 Å². The van der Waals surface area contributed by atoms with Crippen molar-refractivity contribution in [1.82, 2.24) is 40.9 Å². The third-order valence-corrected chi connectivity index (χ3v) is 20.4.